The van der Waals surface area contributed by atoms with Crippen LogP contribution in [0.5, 0.6) is 0 Å². The fourth-order valence-corrected chi connectivity index (χ4v) is 2.84. The van der Waals surface area contributed by atoms with Crippen LogP contribution in [0.25, 0.3) is 0 Å². The second-order valence-electron chi connectivity index (χ2n) is 6.45. The monoisotopic (exact) mass is 283 g/mol. The number of amides is 1. The Labute approximate surface area is 124 Å². The number of likely N-dealkylation sites (tertiary alicyclic amines) is 1. The topological polar surface area (TPSA) is 44.4 Å². The smallest absolute Gasteiger partial charge is 0.234 e. The number of carbonyl (C=O) groups excluding carboxylic acids is 1. The summed E-state index contributed by atoms with van der Waals surface area (Å²) in [5.74, 6) is 1.37. The minimum Gasteiger partial charge on any atom is -0.355 e. The van der Waals surface area contributed by atoms with Crippen molar-refractivity contribution >= 4 is 5.91 Å². The minimum atomic E-state index is 0.175. The summed E-state index contributed by atoms with van der Waals surface area (Å²) in [6.45, 7) is 13.2. The minimum absolute atomic E-state index is 0.175. The highest BCUT2D eigenvalue weighted by Crippen LogP contribution is 2.20. The molecule has 0 aromatic heterocycles. The van der Waals surface area contributed by atoms with Gasteiger partial charge in [0, 0.05) is 25.7 Å². The first kappa shape index (κ1) is 17.4. The average molecular weight is 283 g/mol. The van der Waals surface area contributed by atoms with Gasteiger partial charge in [-0.2, -0.15) is 0 Å². The van der Waals surface area contributed by atoms with Crippen molar-refractivity contribution in [3.63, 3.8) is 0 Å². The van der Waals surface area contributed by atoms with Gasteiger partial charge in [0.2, 0.25) is 5.91 Å². The molecule has 4 heteroatoms. The Balaban J connectivity index is 2.34. The number of rotatable bonds is 8. The molecule has 0 bridgehead atoms. The summed E-state index contributed by atoms with van der Waals surface area (Å²) in [7, 11) is 0. The number of nitrogens with zero attached hydrogens (tertiary/aromatic N) is 1. The third-order valence-electron chi connectivity index (χ3n) is 4.07. The zero-order valence-corrected chi connectivity index (χ0v) is 13.7. The fraction of sp³-hybridized carbons (Fsp3) is 0.938. The molecule has 1 aliphatic heterocycles. The van der Waals surface area contributed by atoms with E-state index < -0.39 is 0 Å². The molecule has 1 heterocycles. The van der Waals surface area contributed by atoms with E-state index in [1.165, 1.54) is 12.8 Å². The highest BCUT2D eigenvalue weighted by Gasteiger charge is 2.28. The van der Waals surface area contributed by atoms with Crippen LogP contribution < -0.4 is 10.6 Å². The first-order valence-electron chi connectivity index (χ1n) is 8.29. The van der Waals surface area contributed by atoms with E-state index in [4.69, 9.17) is 0 Å². The van der Waals surface area contributed by atoms with Crippen molar-refractivity contribution in [2.75, 3.05) is 32.7 Å². The van der Waals surface area contributed by atoms with E-state index in [1.807, 2.05) is 0 Å². The molecule has 20 heavy (non-hydrogen) atoms. The van der Waals surface area contributed by atoms with Gasteiger partial charge in [-0.25, -0.2) is 0 Å². The molecule has 1 fully saturated rings. The molecule has 4 nitrogen and oxygen atoms in total. The predicted octanol–water partition coefficient (Wildman–Crippen LogP) is 1.86. The molecular formula is C16H33N3O. The van der Waals surface area contributed by atoms with Crippen molar-refractivity contribution in [2.45, 2.75) is 53.0 Å². The molecule has 0 aromatic rings. The Kier molecular flexibility index (Phi) is 8.15. The molecule has 2 atom stereocenters. The summed E-state index contributed by atoms with van der Waals surface area (Å²) in [5.41, 5.74) is 0. The van der Waals surface area contributed by atoms with E-state index >= 15 is 0 Å². The fourth-order valence-electron chi connectivity index (χ4n) is 2.84. The molecule has 1 amide bonds. The van der Waals surface area contributed by atoms with Gasteiger partial charge < -0.3 is 10.6 Å². The van der Waals surface area contributed by atoms with E-state index in [2.05, 4.69) is 43.2 Å². The van der Waals surface area contributed by atoms with Crippen LogP contribution in [0.15, 0.2) is 0 Å². The molecule has 1 aliphatic rings. The van der Waals surface area contributed by atoms with Gasteiger partial charge in [-0.3, -0.25) is 9.69 Å². The standard InChI is InChI=1S/C16H33N3O/c1-5-8-17-15-7-9-19(11-14(15)6-2)12-16(20)18-10-13(3)4/h13-15,17H,5-12H2,1-4H3,(H,18,20). The van der Waals surface area contributed by atoms with Crippen LogP contribution in [0.1, 0.15) is 47.0 Å². The molecule has 0 saturated carbocycles. The highest BCUT2D eigenvalue weighted by atomic mass is 16.2. The Morgan fingerprint density at radius 2 is 2.10 bits per heavy atom. The van der Waals surface area contributed by atoms with Crippen molar-refractivity contribution in [2.24, 2.45) is 11.8 Å². The molecule has 0 aromatic carbocycles. The van der Waals surface area contributed by atoms with Gasteiger partial charge in [-0.1, -0.05) is 34.1 Å². The van der Waals surface area contributed by atoms with Crippen molar-refractivity contribution in [1.82, 2.24) is 15.5 Å². The third kappa shape index (κ3) is 6.23. The molecule has 118 valence electrons. The largest absolute Gasteiger partial charge is 0.355 e. The van der Waals surface area contributed by atoms with Gasteiger partial charge in [0.1, 0.15) is 0 Å². The summed E-state index contributed by atoms with van der Waals surface area (Å²) >= 11 is 0. The molecule has 0 spiro atoms. The van der Waals surface area contributed by atoms with E-state index in [0.29, 0.717) is 24.4 Å². The van der Waals surface area contributed by atoms with Crippen molar-refractivity contribution < 1.29 is 4.79 Å². The molecule has 1 saturated heterocycles. The zero-order valence-electron chi connectivity index (χ0n) is 13.7. The van der Waals surface area contributed by atoms with Gasteiger partial charge in [-0.15, -0.1) is 0 Å². The van der Waals surface area contributed by atoms with Gasteiger partial charge in [0.05, 0.1) is 6.54 Å². The van der Waals surface area contributed by atoms with Crippen LogP contribution in [-0.2, 0) is 4.79 Å². The maximum atomic E-state index is 11.9. The van der Waals surface area contributed by atoms with Crippen LogP contribution in [0, 0.1) is 11.8 Å². The lowest BCUT2D eigenvalue weighted by Crippen LogP contribution is -2.51. The molecule has 2 N–H and O–H groups in total. The van der Waals surface area contributed by atoms with Gasteiger partial charge in [-0.05, 0) is 31.2 Å². The lowest BCUT2D eigenvalue weighted by molar-refractivity contribution is -0.122. The van der Waals surface area contributed by atoms with Crippen molar-refractivity contribution in [3.05, 3.63) is 0 Å². The van der Waals surface area contributed by atoms with Gasteiger partial charge in [0.25, 0.3) is 0 Å². The molecule has 0 radical (unpaired) electrons. The maximum absolute atomic E-state index is 11.9. The predicted molar refractivity (Wildman–Crippen MR) is 84.8 cm³/mol. The summed E-state index contributed by atoms with van der Waals surface area (Å²) in [6.07, 6.45) is 3.54. The Hall–Kier alpha value is -0.610. The normalized spacial score (nSPS) is 24.1. The van der Waals surface area contributed by atoms with Crippen molar-refractivity contribution in [3.8, 4) is 0 Å². The van der Waals surface area contributed by atoms with Crippen LogP contribution in [0.4, 0.5) is 0 Å². The second-order valence-corrected chi connectivity index (χ2v) is 6.45. The first-order chi connectivity index (χ1) is 9.56. The number of hydrogen-bond donors (Lipinski definition) is 2. The number of piperidine rings is 1. The van der Waals surface area contributed by atoms with Gasteiger partial charge >= 0.3 is 0 Å². The van der Waals surface area contributed by atoms with Crippen LogP contribution in [0.3, 0.4) is 0 Å². The number of hydrogen-bond acceptors (Lipinski definition) is 3. The lowest BCUT2D eigenvalue weighted by Gasteiger charge is -2.38. The Morgan fingerprint density at radius 1 is 1.35 bits per heavy atom. The SMILES string of the molecule is CCCNC1CCN(CC(=O)NCC(C)C)CC1CC. The van der Waals surface area contributed by atoms with Crippen LogP contribution in [0.2, 0.25) is 0 Å². The maximum Gasteiger partial charge on any atom is 0.234 e. The van der Waals surface area contributed by atoms with E-state index in [-0.39, 0.29) is 5.91 Å². The number of nitrogens with one attached hydrogen (secondary N) is 2. The third-order valence-corrected chi connectivity index (χ3v) is 4.07. The van der Waals surface area contributed by atoms with Crippen LogP contribution >= 0.6 is 0 Å². The van der Waals surface area contributed by atoms with Crippen LogP contribution in [-0.4, -0.2) is 49.6 Å². The number of carbonyl (C=O) groups is 1. The second kappa shape index (κ2) is 9.35. The van der Waals surface area contributed by atoms with Gasteiger partial charge in [0.15, 0.2) is 0 Å². The van der Waals surface area contributed by atoms with E-state index in [9.17, 15) is 4.79 Å². The summed E-state index contributed by atoms with van der Waals surface area (Å²) < 4.78 is 0. The summed E-state index contributed by atoms with van der Waals surface area (Å²) in [5, 5.41) is 6.67. The highest BCUT2D eigenvalue weighted by molar-refractivity contribution is 5.78. The first-order valence-corrected chi connectivity index (χ1v) is 8.29. The molecule has 1 rings (SSSR count). The molecular weight excluding hydrogens is 250 g/mol. The average Bonchev–Trinajstić information content (AvgIpc) is 2.43. The summed E-state index contributed by atoms with van der Waals surface area (Å²) in [6, 6.07) is 0.634. The quantitative estimate of drug-likeness (QED) is 0.714. The van der Waals surface area contributed by atoms with E-state index in [0.717, 1.165) is 32.6 Å². The summed E-state index contributed by atoms with van der Waals surface area (Å²) in [4.78, 5) is 14.2. The van der Waals surface area contributed by atoms with E-state index in [1.54, 1.807) is 0 Å². The molecule has 0 aliphatic carbocycles. The van der Waals surface area contributed by atoms with Crippen molar-refractivity contribution in [1.29, 1.82) is 0 Å². The lowest BCUT2D eigenvalue weighted by atomic mass is 9.90. The Morgan fingerprint density at radius 3 is 2.70 bits per heavy atom. The zero-order chi connectivity index (χ0) is 15.0. The Bertz CT molecular complexity index is 281. The molecule has 2 unspecified atom stereocenters.